The standard InChI is InChI=1S/2C25H34F3N5O/c2*1-31-23(29-30-24(31)18-10-14-34-15-11-18)4-2-3-12-32-16-19-9-13-33(22(19)17-32)21-7-5-20(6-8-21)25(26,27)28/h2*5-8,18-19,22H,2-4,9-17H2,1H3/t2*19-,22+/m10/s1. The molecule has 0 N–H and O–H groups in total. The summed E-state index contributed by atoms with van der Waals surface area (Å²) in [5, 5.41) is 17.8. The molecule has 0 spiro atoms. The third-order valence-corrected chi connectivity index (χ3v) is 15.7. The molecule has 0 unspecified atom stereocenters. The molecular weight excluding hydrogens is 887 g/mol. The molecule has 68 heavy (non-hydrogen) atoms. The number of nitrogens with zero attached hydrogens (tertiary/aromatic N) is 10. The summed E-state index contributed by atoms with van der Waals surface area (Å²) >= 11 is 0. The Kier molecular flexibility index (Phi) is 15.3. The number of unbranched alkanes of at least 4 members (excludes halogenated alkanes) is 2. The number of ether oxygens (including phenoxy) is 2. The van der Waals surface area contributed by atoms with Crippen molar-refractivity contribution in [1.29, 1.82) is 0 Å². The fourth-order valence-electron chi connectivity index (χ4n) is 11.8. The van der Waals surface area contributed by atoms with Crippen LogP contribution in [-0.2, 0) is 48.8 Å². The Morgan fingerprint density at radius 2 is 0.882 bits per heavy atom. The van der Waals surface area contributed by atoms with Gasteiger partial charge in [-0.1, -0.05) is 0 Å². The first-order valence-electron chi connectivity index (χ1n) is 25.0. The Hall–Kier alpha value is -4.26. The van der Waals surface area contributed by atoms with Crippen molar-refractivity contribution in [3.05, 3.63) is 83.0 Å². The van der Waals surface area contributed by atoms with Crippen LogP contribution in [0.1, 0.15) is 110 Å². The number of anilines is 2. The Balaban J connectivity index is 0.000000170. The van der Waals surface area contributed by atoms with Crippen LogP contribution in [-0.4, -0.2) is 130 Å². The van der Waals surface area contributed by atoms with Gasteiger partial charge in [0.1, 0.15) is 23.3 Å². The first-order chi connectivity index (χ1) is 32.8. The quantitative estimate of drug-likeness (QED) is 0.0906. The monoisotopic (exact) mass is 955 g/mol. The van der Waals surface area contributed by atoms with Crippen molar-refractivity contribution in [1.82, 2.24) is 39.3 Å². The van der Waals surface area contributed by atoms with E-state index in [1.807, 2.05) is 0 Å². The summed E-state index contributed by atoms with van der Waals surface area (Å²) in [6.07, 6.45) is 3.98. The van der Waals surface area contributed by atoms with Gasteiger partial charge in [0.25, 0.3) is 0 Å². The number of halogens is 6. The van der Waals surface area contributed by atoms with E-state index in [4.69, 9.17) is 9.47 Å². The predicted octanol–water partition coefficient (Wildman–Crippen LogP) is 8.52. The Labute approximate surface area is 396 Å². The molecule has 0 amide bonds. The molecule has 6 aliphatic rings. The summed E-state index contributed by atoms with van der Waals surface area (Å²) in [5.74, 6) is 6.42. The number of likely N-dealkylation sites (tertiary alicyclic amines) is 2. The molecule has 2 aromatic carbocycles. The molecule has 0 aliphatic carbocycles. The number of hydrogen-bond acceptors (Lipinski definition) is 10. The van der Waals surface area contributed by atoms with Crippen LogP contribution in [0.3, 0.4) is 0 Å². The van der Waals surface area contributed by atoms with E-state index in [1.165, 1.54) is 24.3 Å². The average molecular weight is 955 g/mol. The van der Waals surface area contributed by atoms with Crippen molar-refractivity contribution in [2.45, 2.75) is 113 Å². The first-order valence-corrected chi connectivity index (χ1v) is 25.0. The van der Waals surface area contributed by atoms with Gasteiger partial charge in [-0.25, -0.2) is 0 Å². The maximum Gasteiger partial charge on any atom is 0.416 e. The van der Waals surface area contributed by atoms with E-state index in [0.717, 1.165) is 191 Å². The molecule has 6 aliphatic heterocycles. The van der Waals surface area contributed by atoms with Gasteiger partial charge >= 0.3 is 12.4 Å². The fourth-order valence-corrected chi connectivity index (χ4v) is 11.8. The van der Waals surface area contributed by atoms with Crippen molar-refractivity contribution in [2.75, 3.05) is 88.6 Å². The zero-order valence-electron chi connectivity index (χ0n) is 39.6. The summed E-state index contributed by atoms with van der Waals surface area (Å²) < 4.78 is 92.7. The van der Waals surface area contributed by atoms with Crippen LogP contribution < -0.4 is 9.80 Å². The summed E-state index contributed by atoms with van der Waals surface area (Å²) in [7, 11) is 4.16. The molecule has 10 rings (SSSR count). The fraction of sp³-hybridized carbons (Fsp3) is 0.680. The topological polar surface area (TPSA) is 92.8 Å². The number of benzene rings is 2. The maximum atomic E-state index is 12.9. The molecule has 0 bridgehead atoms. The van der Waals surface area contributed by atoms with Crippen molar-refractivity contribution >= 4 is 11.4 Å². The van der Waals surface area contributed by atoms with Crippen LogP contribution in [0.25, 0.3) is 0 Å². The normalized spacial score (nSPS) is 24.2. The zero-order chi connectivity index (χ0) is 47.4. The molecular formula is C50H68F6N10O2. The maximum absolute atomic E-state index is 12.9. The third-order valence-electron chi connectivity index (χ3n) is 15.7. The second-order valence-electron chi connectivity index (χ2n) is 20.0. The highest BCUT2D eigenvalue weighted by molar-refractivity contribution is 5.52. The third kappa shape index (κ3) is 11.3. The summed E-state index contributed by atoms with van der Waals surface area (Å²) in [6, 6.07) is 12.1. The second-order valence-corrected chi connectivity index (χ2v) is 20.0. The number of hydrogen-bond donors (Lipinski definition) is 0. The summed E-state index contributed by atoms with van der Waals surface area (Å²) in [6.45, 7) is 11.3. The average Bonchev–Trinajstić information content (AvgIpc) is 4.20. The largest absolute Gasteiger partial charge is 0.416 e. The molecule has 6 saturated heterocycles. The van der Waals surface area contributed by atoms with Gasteiger partial charge in [-0.05, 0) is 138 Å². The minimum Gasteiger partial charge on any atom is -0.381 e. The van der Waals surface area contributed by atoms with E-state index >= 15 is 0 Å². The molecule has 6 fully saturated rings. The molecule has 12 nitrogen and oxygen atoms in total. The van der Waals surface area contributed by atoms with Crippen LogP contribution in [0.15, 0.2) is 48.5 Å². The van der Waals surface area contributed by atoms with E-state index in [-0.39, 0.29) is 0 Å². The summed E-state index contributed by atoms with van der Waals surface area (Å²) in [4.78, 5) is 9.66. The van der Waals surface area contributed by atoms with Crippen molar-refractivity contribution in [2.24, 2.45) is 25.9 Å². The molecule has 0 radical (unpaired) electrons. The molecule has 2 aromatic heterocycles. The second kappa shape index (κ2) is 21.4. The van der Waals surface area contributed by atoms with E-state index in [0.29, 0.717) is 35.8 Å². The molecule has 372 valence electrons. The highest BCUT2D eigenvalue weighted by Crippen LogP contribution is 2.39. The lowest BCUT2D eigenvalue weighted by Crippen LogP contribution is -2.35. The van der Waals surface area contributed by atoms with Crippen LogP contribution in [0, 0.1) is 11.8 Å². The minimum absolute atomic E-state index is 0.400. The van der Waals surface area contributed by atoms with Gasteiger partial charge < -0.3 is 38.2 Å². The lowest BCUT2D eigenvalue weighted by molar-refractivity contribution is -0.138. The van der Waals surface area contributed by atoms with Crippen LogP contribution >= 0.6 is 0 Å². The van der Waals surface area contributed by atoms with Gasteiger partial charge in [-0.2, -0.15) is 26.3 Å². The first kappa shape index (κ1) is 48.8. The smallest absolute Gasteiger partial charge is 0.381 e. The molecule has 4 atom stereocenters. The number of alkyl halides is 6. The van der Waals surface area contributed by atoms with E-state index in [2.05, 4.69) is 63.2 Å². The predicted molar refractivity (Wildman–Crippen MR) is 248 cm³/mol. The molecule has 4 aromatic rings. The summed E-state index contributed by atoms with van der Waals surface area (Å²) in [5.41, 5.74) is 0.653. The van der Waals surface area contributed by atoms with Gasteiger partial charge in [0.05, 0.1) is 11.1 Å². The number of fused-ring (bicyclic) bond motifs is 2. The van der Waals surface area contributed by atoms with E-state index in [9.17, 15) is 26.3 Å². The van der Waals surface area contributed by atoms with Crippen LogP contribution in [0.4, 0.5) is 37.7 Å². The minimum atomic E-state index is -4.28. The highest BCUT2D eigenvalue weighted by Gasteiger charge is 2.43. The Bertz CT molecular complexity index is 2060. The van der Waals surface area contributed by atoms with Crippen molar-refractivity contribution in [3.8, 4) is 0 Å². The number of aromatic nitrogens is 6. The van der Waals surface area contributed by atoms with Gasteiger partial charge in [0.2, 0.25) is 0 Å². The molecule has 0 saturated carbocycles. The van der Waals surface area contributed by atoms with Crippen molar-refractivity contribution < 1.29 is 35.8 Å². The van der Waals surface area contributed by atoms with Crippen LogP contribution in [0.5, 0.6) is 0 Å². The van der Waals surface area contributed by atoms with E-state index < -0.39 is 23.5 Å². The number of aryl methyl sites for hydroxylation is 2. The zero-order valence-corrected chi connectivity index (χ0v) is 39.6. The lowest BCUT2D eigenvalue weighted by atomic mass is 9.99. The van der Waals surface area contributed by atoms with Gasteiger partial charge in [0.15, 0.2) is 0 Å². The van der Waals surface area contributed by atoms with Crippen LogP contribution in [0.2, 0.25) is 0 Å². The highest BCUT2D eigenvalue weighted by atomic mass is 19.4. The Morgan fingerprint density at radius 3 is 1.25 bits per heavy atom. The van der Waals surface area contributed by atoms with Gasteiger partial charge in [0, 0.05) is 128 Å². The Morgan fingerprint density at radius 1 is 0.500 bits per heavy atom. The van der Waals surface area contributed by atoms with E-state index in [1.54, 1.807) is 24.3 Å². The SMILES string of the molecule is Cn1c(CCCCN2C[C@@H]3CCN(c4ccc(C(F)(F)F)cc4)[C@@H]3C2)nnc1C1CCOCC1.Cn1c(CCCCN2C[C@H]3CCN(c4ccc(C(F)(F)F)cc4)[C@H]3C2)nnc1C1CCOCC1. The lowest BCUT2D eigenvalue weighted by Gasteiger charge is -2.27. The van der Waals surface area contributed by atoms with Gasteiger partial charge in [-0.3, -0.25) is 0 Å². The van der Waals surface area contributed by atoms with Crippen molar-refractivity contribution in [3.63, 3.8) is 0 Å². The molecule has 8 heterocycles. The molecule has 18 heteroatoms. The van der Waals surface area contributed by atoms with Gasteiger partial charge in [-0.15, -0.1) is 20.4 Å². The number of rotatable bonds is 14.